The van der Waals surface area contributed by atoms with Gasteiger partial charge in [0.1, 0.15) is 0 Å². The highest BCUT2D eigenvalue weighted by atomic mass is 32.2. The van der Waals surface area contributed by atoms with Crippen molar-refractivity contribution in [1.82, 2.24) is 0 Å². The minimum absolute atomic E-state index is 0.130. The summed E-state index contributed by atoms with van der Waals surface area (Å²) in [5.41, 5.74) is 5.23. The molecule has 0 radical (unpaired) electrons. The van der Waals surface area contributed by atoms with E-state index in [1.54, 1.807) is 18.7 Å². The lowest BCUT2D eigenvalue weighted by atomic mass is 10.1. The Morgan fingerprint density at radius 3 is 2.80 bits per heavy atom. The van der Waals surface area contributed by atoms with Gasteiger partial charge in [-0.15, -0.1) is 11.8 Å². The van der Waals surface area contributed by atoms with E-state index in [0.29, 0.717) is 0 Å². The molecule has 1 nitrogen and oxygen atoms in total. The molecule has 2 aromatic carbocycles. The van der Waals surface area contributed by atoms with Gasteiger partial charge in [-0.2, -0.15) is 0 Å². The third-order valence-electron chi connectivity index (χ3n) is 3.81. The van der Waals surface area contributed by atoms with Crippen LogP contribution in [0.15, 0.2) is 47.4 Å². The molecule has 0 bridgehead atoms. The molecule has 0 aliphatic heterocycles. The molecule has 3 rings (SSSR count). The SMILES string of the molecule is CC(=O)c1cccc(SCc2ccc3c(c2)CCC3)c1. The fourth-order valence-electron chi connectivity index (χ4n) is 2.69. The van der Waals surface area contributed by atoms with Gasteiger partial charge in [0, 0.05) is 16.2 Å². The zero-order chi connectivity index (χ0) is 13.9. The van der Waals surface area contributed by atoms with E-state index < -0.39 is 0 Å². The van der Waals surface area contributed by atoms with Gasteiger partial charge in [0.05, 0.1) is 0 Å². The Balaban J connectivity index is 1.70. The molecule has 0 spiro atoms. The van der Waals surface area contributed by atoms with E-state index in [1.807, 2.05) is 18.2 Å². The standard InChI is InChI=1S/C18H18OS/c1-13(19)16-5-3-7-18(11-16)20-12-14-8-9-15-4-2-6-17(15)10-14/h3,5,7-11H,2,4,6,12H2,1H3. The fraction of sp³-hybridized carbons (Fsp3) is 0.278. The van der Waals surface area contributed by atoms with Crippen LogP contribution in [0.25, 0.3) is 0 Å². The molecule has 0 saturated heterocycles. The highest BCUT2D eigenvalue weighted by Gasteiger charge is 2.10. The maximum Gasteiger partial charge on any atom is 0.159 e. The second kappa shape index (κ2) is 5.84. The minimum atomic E-state index is 0.130. The van der Waals surface area contributed by atoms with Crippen molar-refractivity contribution in [1.29, 1.82) is 0 Å². The molecule has 0 N–H and O–H groups in total. The number of aryl methyl sites for hydroxylation is 2. The van der Waals surface area contributed by atoms with Crippen LogP contribution in [-0.4, -0.2) is 5.78 Å². The number of fused-ring (bicyclic) bond motifs is 1. The number of rotatable bonds is 4. The Kier molecular flexibility index (Phi) is 3.93. The Hall–Kier alpha value is -1.54. The highest BCUT2D eigenvalue weighted by molar-refractivity contribution is 7.98. The Labute approximate surface area is 124 Å². The second-order valence-corrected chi connectivity index (χ2v) is 6.38. The molecule has 1 aliphatic carbocycles. The predicted octanol–water partition coefficient (Wildman–Crippen LogP) is 4.67. The average Bonchev–Trinajstić information content (AvgIpc) is 2.93. The lowest BCUT2D eigenvalue weighted by Crippen LogP contribution is -1.91. The summed E-state index contributed by atoms with van der Waals surface area (Å²) in [6, 6.07) is 14.8. The first-order valence-corrected chi connectivity index (χ1v) is 8.05. The number of ketones is 1. The second-order valence-electron chi connectivity index (χ2n) is 5.33. The monoisotopic (exact) mass is 282 g/mol. The van der Waals surface area contributed by atoms with Crippen LogP contribution < -0.4 is 0 Å². The largest absolute Gasteiger partial charge is 0.295 e. The van der Waals surface area contributed by atoms with Gasteiger partial charge in [-0.1, -0.05) is 30.3 Å². The first kappa shape index (κ1) is 13.4. The molecule has 0 heterocycles. The number of thioether (sulfide) groups is 1. The molecule has 1 aliphatic rings. The van der Waals surface area contributed by atoms with Crippen molar-refractivity contribution in [3.8, 4) is 0 Å². The molecular weight excluding hydrogens is 264 g/mol. The topological polar surface area (TPSA) is 17.1 Å². The third kappa shape index (κ3) is 2.96. The third-order valence-corrected chi connectivity index (χ3v) is 4.87. The maximum atomic E-state index is 11.4. The van der Waals surface area contributed by atoms with Crippen LogP contribution in [0.4, 0.5) is 0 Å². The zero-order valence-corrected chi connectivity index (χ0v) is 12.5. The van der Waals surface area contributed by atoms with E-state index in [9.17, 15) is 4.79 Å². The zero-order valence-electron chi connectivity index (χ0n) is 11.7. The quantitative estimate of drug-likeness (QED) is 0.599. The van der Waals surface area contributed by atoms with Gasteiger partial charge in [-0.3, -0.25) is 4.79 Å². The Morgan fingerprint density at radius 1 is 1.10 bits per heavy atom. The molecule has 2 heteroatoms. The van der Waals surface area contributed by atoms with Gasteiger partial charge in [-0.25, -0.2) is 0 Å². The van der Waals surface area contributed by atoms with Crippen LogP contribution in [0.3, 0.4) is 0 Å². The van der Waals surface area contributed by atoms with Crippen molar-refractivity contribution in [2.75, 3.05) is 0 Å². The molecule has 0 fully saturated rings. The lowest BCUT2D eigenvalue weighted by Gasteiger charge is -2.06. The van der Waals surface area contributed by atoms with Crippen molar-refractivity contribution >= 4 is 17.5 Å². The van der Waals surface area contributed by atoms with Gasteiger partial charge < -0.3 is 0 Å². The summed E-state index contributed by atoms with van der Waals surface area (Å²) < 4.78 is 0. The van der Waals surface area contributed by atoms with Crippen molar-refractivity contribution in [3.05, 3.63) is 64.7 Å². The number of benzene rings is 2. The van der Waals surface area contributed by atoms with Crippen LogP contribution in [0.2, 0.25) is 0 Å². The van der Waals surface area contributed by atoms with E-state index >= 15 is 0 Å². The summed E-state index contributed by atoms with van der Waals surface area (Å²) in [5.74, 6) is 1.10. The number of carbonyl (C=O) groups excluding carboxylic acids is 1. The molecule has 0 saturated carbocycles. The summed E-state index contributed by atoms with van der Waals surface area (Å²) in [6.07, 6.45) is 3.77. The highest BCUT2D eigenvalue weighted by Crippen LogP contribution is 2.27. The van der Waals surface area contributed by atoms with E-state index in [0.717, 1.165) is 16.2 Å². The lowest BCUT2D eigenvalue weighted by molar-refractivity contribution is 0.101. The Bertz CT molecular complexity index is 646. The minimum Gasteiger partial charge on any atom is -0.295 e. The number of hydrogen-bond acceptors (Lipinski definition) is 2. The van der Waals surface area contributed by atoms with E-state index in [1.165, 1.54) is 36.0 Å². The van der Waals surface area contributed by atoms with Crippen LogP contribution in [0, 0.1) is 0 Å². The summed E-state index contributed by atoms with van der Waals surface area (Å²) in [7, 11) is 0. The molecule has 0 amide bonds. The molecule has 20 heavy (non-hydrogen) atoms. The van der Waals surface area contributed by atoms with Gasteiger partial charge in [0.2, 0.25) is 0 Å². The predicted molar refractivity (Wildman–Crippen MR) is 84.5 cm³/mol. The number of carbonyl (C=O) groups is 1. The fourth-order valence-corrected chi connectivity index (χ4v) is 3.58. The van der Waals surface area contributed by atoms with Gasteiger partial charge >= 0.3 is 0 Å². The van der Waals surface area contributed by atoms with E-state index in [-0.39, 0.29) is 5.78 Å². The van der Waals surface area contributed by atoms with Gasteiger partial charge in [0.15, 0.2) is 5.78 Å². The van der Waals surface area contributed by atoms with Crippen molar-refractivity contribution in [3.63, 3.8) is 0 Å². The summed E-state index contributed by atoms with van der Waals surface area (Å²) in [6.45, 7) is 1.62. The molecule has 0 atom stereocenters. The van der Waals surface area contributed by atoms with Gasteiger partial charge in [-0.05, 0) is 55.0 Å². The maximum absolute atomic E-state index is 11.4. The average molecular weight is 282 g/mol. The number of hydrogen-bond donors (Lipinski definition) is 0. The normalized spacial score (nSPS) is 13.2. The first-order chi connectivity index (χ1) is 9.72. The van der Waals surface area contributed by atoms with Crippen LogP contribution in [0.1, 0.15) is 40.4 Å². The van der Waals surface area contributed by atoms with Gasteiger partial charge in [0.25, 0.3) is 0 Å². The van der Waals surface area contributed by atoms with E-state index in [2.05, 4.69) is 24.3 Å². The number of Topliss-reactive ketones (excluding diaryl/α,β-unsaturated/α-hetero) is 1. The summed E-state index contributed by atoms with van der Waals surface area (Å²) in [5, 5.41) is 0. The molecule has 0 aromatic heterocycles. The van der Waals surface area contributed by atoms with Crippen LogP contribution >= 0.6 is 11.8 Å². The molecule has 102 valence electrons. The molecular formula is C18H18OS. The first-order valence-electron chi connectivity index (χ1n) is 7.07. The summed E-state index contributed by atoms with van der Waals surface area (Å²) in [4.78, 5) is 12.6. The smallest absolute Gasteiger partial charge is 0.159 e. The molecule has 0 unspecified atom stereocenters. The van der Waals surface area contributed by atoms with Crippen molar-refractivity contribution < 1.29 is 4.79 Å². The summed E-state index contributed by atoms with van der Waals surface area (Å²) >= 11 is 1.80. The Morgan fingerprint density at radius 2 is 1.95 bits per heavy atom. The molecule has 2 aromatic rings. The van der Waals surface area contributed by atoms with Crippen LogP contribution in [-0.2, 0) is 18.6 Å². The van der Waals surface area contributed by atoms with Crippen molar-refractivity contribution in [2.45, 2.75) is 36.8 Å². The van der Waals surface area contributed by atoms with Crippen molar-refractivity contribution in [2.24, 2.45) is 0 Å². The van der Waals surface area contributed by atoms with Crippen LogP contribution in [0.5, 0.6) is 0 Å². The van der Waals surface area contributed by atoms with E-state index in [4.69, 9.17) is 0 Å².